The van der Waals surface area contributed by atoms with Gasteiger partial charge in [0.2, 0.25) is 11.8 Å². The Bertz CT molecular complexity index is 1060. The van der Waals surface area contributed by atoms with E-state index in [1.54, 1.807) is 19.1 Å². The number of aromatic nitrogens is 2. The average Bonchev–Trinajstić information content (AvgIpc) is 3.10. The molecule has 0 fully saturated rings. The number of hydrogen-bond acceptors (Lipinski definition) is 6. The third-order valence-electron chi connectivity index (χ3n) is 3.96. The van der Waals surface area contributed by atoms with Gasteiger partial charge in [0, 0.05) is 5.56 Å². The lowest BCUT2D eigenvalue weighted by Gasteiger charge is -2.02. The van der Waals surface area contributed by atoms with Gasteiger partial charge in [-0.1, -0.05) is 41.9 Å². The van der Waals surface area contributed by atoms with E-state index in [-0.39, 0.29) is 34.9 Å². The van der Waals surface area contributed by atoms with Gasteiger partial charge < -0.3 is 4.42 Å². The van der Waals surface area contributed by atoms with E-state index in [1.807, 2.05) is 31.2 Å². The first-order valence-electron chi connectivity index (χ1n) is 8.39. The number of nitrogens with one attached hydrogen (secondary N) is 1. The molecule has 1 heterocycles. The van der Waals surface area contributed by atoms with Crippen LogP contribution in [0, 0.1) is 6.92 Å². The minimum absolute atomic E-state index is 0.00657. The van der Waals surface area contributed by atoms with Crippen LogP contribution in [0.4, 0.5) is 6.01 Å². The van der Waals surface area contributed by atoms with Gasteiger partial charge in [-0.25, -0.2) is 8.42 Å². The Labute approximate surface area is 157 Å². The van der Waals surface area contributed by atoms with Gasteiger partial charge in [0.25, 0.3) is 0 Å². The van der Waals surface area contributed by atoms with Crippen LogP contribution in [0.25, 0.3) is 11.5 Å². The summed E-state index contributed by atoms with van der Waals surface area (Å²) >= 11 is 0. The highest BCUT2D eigenvalue weighted by Gasteiger charge is 2.14. The molecule has 1 amide bonds. The summed E-state index contributed by atoms with van der Waals surface area (Å²) in [6, 6.07) is 13.8. The summed E-state index contributed by atoms with van der Waals surface area (Å²) in [6.07, 6.45) is 0.197. The number of rotatable bonds is 6. The number of anilines is 1. The van der Waals surface area contributed by atoms with Crippen molar-refractivity contribution in [2.45, 2.75) is 25.2 Å². The van der Waals surface area contributed by atoms with Crippen LogP contribution >= 0.6 is 0 Å². The summed E-state index contributed by atoms with van der Waals surface area (Å²) < 4.78 is 29.1. The topological polar surface area (TPSA) is 102 Å². The predicted octanol–water partition coefficient (Wildman–Crippen LogP) is 3.02. The van der Waals surface area contributed by atoms with Crippen molar-refractivity contribution in [2.24, 2.45) is 0 Å². The molecule has 0 aliphatic carbocycles. The molecule has 0 saturated heterocycles. The number of sulfone groups is 1. The first kappa shape index (κ1) is 18.8. The maximum absolute atomic E-state index is 12.1. The highest BCUT2D eigenvalue weighted by Crippen LogP contribution is 2.22. The number of benzene rings is 2. The zero-order valence-electron chi connectivity index (χ0n) is 15.0. The molecule has 0 unspecified atom stereocenters. The molecular weight excluding hydrogens is 366 g/mol. The Balaban J connectivity index is 1.68. The van der Waals surface area contributed by atoms with E-state index in [9.17, 15) is 13.2 Å². The molecule has 140 valence electrons. The van der Waals surface area contributed by atoms with Gasteiger partial charge in [0.1, 0.15) is 0 Å². The van der Waals surface area contributed by atoms with Crippen LogP contribution in [0.3, 0.4) is 0 Å². The SMILES string of the molecule is CCS(=O)(=O)c1ccc(-c2nnc(NC(=O)Cc3cccc(C)c3)o2)cc1. The van der Waals surface area contributed by atoms with Crippen molar-refractivity contribution in [3.05, 3.63) is 59.7 Å². The lowest BCUT2D eigenvalue weighted by Crippen LogP contribution is -2.14. The minimum atomic E-state index is -3.26. The molecule has 0 radical (unpaired) electrons. The van der Waals surface area contributed by atoms with Crippen LogP contribution in [-0.4, -0.2) is 30.3 Å². The Morgan fingerprint density at radius 2 is 1.85 bits per heavy atom. The van der Waals surface area contributed by atoms with Gasteiger partial charge >= 0.3 is 6.01 Å². The monoisotopic (exact) mass is 385 g/mol. The molecular formula is C19H19N3O4S. The lowest BCUT2D eigenvalue weighted by molar-refractivity contribution is -0.115. The second-order valence-electron chi connectivity index (χ2n) is 6.05. The Morgan fingerprint density at radius 3 is 2.52 bits per heavy atom. The number of amides is 1. The van der Waals surface area contributed by atoms with E-state index < -0.39 is 9.84 Å². The normalized spacial score (nSPS) is 11.3. The largest absolute Gasteiger partial charge is 0.403 e. The number of nitrogens with zero attached hydrogens (tertiary/aromatic N) is 2. The fraction of sp³-hybridized carbons (Fsp3) is 0.211. The van der Waals surface area contributed by atoms with Crippen LogP contribution in [0.15, 0.2) is 57.8 Å². The summed E-state index contributed by atoms with van der Waals surface area (Å²) in [5, 5.41) is 10.3. The van der Waals surface area contributed by atoms with E-state index >= 15 is 0 Å². The van der Waals surface area contributed by atoms with Gasteiger partial charge in [-0.05, 0) is 36.8 Å². The number of carbonyl (C=O) groups is 1. The molecule has 27 heavy (non-hydrogen) atoms. The summed E-state index contributed by atoms with van der Waals surface area (Å²) in [5.74, 6) is -0.0363. The Morgan fingerprint density at radius 1 is 1.11 bits per heavy atom. The minimum Gasteiger partial charge on any atom is -0.403 e. The fourth-order valence-electron chi connectivity index (χ4n) is 2.53. The molecule has 0 aliphatic rings. The molecule has 0 saturated carbocycles. The molecule has 2 aromatic carbocycles. The van der Waals surface area contributed by atoms with Crippen molar-refractivity contribution in [1.29, 1.82) is 0 Å². The molecule has 0 spiro atoms. The predicted molar refractivity (Wildman–Crippen MR) is 101 cm³/mol. The van der Waals surface area contributed by atoms with Gasteiger partial charge in [0.15, 0.2) is 9.84 Å². The summed E-state index contributed by atoms with van der Waals surface area (Å²) in [6.45, 7) is 3.55. The number of aryl methyl sites for hydroxylation is 1. The maximum atomic E-state index is 12.1. The van der Waals surface area contributed by atoms with Gasteiger partial charge in [-0.15, -0.1) is 5.10 Å². The van der Waals surface area contributed by atoms with Gasteiger partial charge in [-0.2, -0.15) is 0 Å². The van der Waals surface area contributed by atoms with Gasteiger partial charge in [0.05, 0.1) is 17.1 Å². The third kappa shape index (κ3) is 4.59. The number of hydrogen-bond donors (Lipinski definition) is 1. The molecule has 0 atom stereocenters. The molecule has 0 aliphatic heterocycles. The first-order valence-corrected chi connectivity index (χ1v) is 10.0. The molecule has 7 nitrogen and oxygen atoms in total. The van der Waals surface area contributed by atoms with Crippen molar-refractivity contribution < 1.29 is 17.6 Å². The average molecular weight is 385 g/mol. The fourth-order valence-corrected chi connectivity index (χ4v) is 3.42. The molecule has 1 N–H and O–H groups in total. The first-order chi connectivity index (χ1) is 12.9. The van der Waals surface area contributed by atoms with Crippen molar-refractivity contribution in [2.75, 3.05) is 11.1 Å². The van der Waals surface area contributed by atoms with Crippen molar-refractivity contribution >= 4 is 21.8 Å². The maximum Gasteiger partial charge on any atom is 0.322 e. The second-order valence-corrected chi connectivity index (χ2v) is 8.33. The molecule has 3 aromatic rings. The lowest BCUT2D eigenvalue weighted by atomic mass is 10.1. The third-order valence-corrected chi connectivity index (χ3v) is 5.71. The smallest absolute Gasteiger partial charge is 0.322 e. The van der Waals surface area contributed by atoms with Crippen LogP contribution in [0.1, 0.15) is 18.1 Å². The van der Waals surface area contributed by atoms with E-state index in [2.05, 4.69) is 15.5 Å². The van der Waals surface area contributed by atoms with Gasteiger partial charge in [-0.3, -0.25) is 10.1 Å². The zero-order chi connectivity index (χ0) is 19.4. The van der Waals surface area contributed by atoms with Crippen molar-refractivity contribution in [3.63, 3.8) is 0 Å². The second kappa shape index (κ2) is 7.71. The molecule has 3 rings (SSSR count). The Kier molecular flexibility index (Phi) is 5.36. The summed E-state index contributed by atoms with van der Waals surface area (Å²) in [5.41, 5.74) is 2.53. The van der Waals surface area contributed by atoms with Crippen LogP contribution in [0.5, 0.6) is 0 Å². The highest BCUT2D eigenvalue weighted by molar-refractivity contribution is 7.91. The van der Waals surface area contributed by atoms with Crippen LogP contribution in [0.2, 0.25) is 0 Å². The van der Waals surface area contributed by atoms with E-state index in [0.29, 0.717) is 5.56 Å². The van der Waals surface area contributed by atoms with Crippen LogP contribution < -0.4 is 5.32 Å². The van der Waals surface area contributed by atoms with E-state index in [4.69, 9.17) is 4.42 Å². The van der Waals surface area contributed by atoms with Crippen LogP contribution in [-0.2, 0) is 21.1 Å². The van der Waals surface area contributed by atoms with E-state index in [1.165, 1.54) is 12.1 Å². The quantitative estimate of drug-likeness (QED) is 0.700. The summed E-state index contributed by atoms with van der Waals surface area (Å²) in [4.78, 5) is 12.4. The molecule has 1 aromatic heterocycles. The zero-order valence-corrected chi connectivity index (χ0v) is 15.8. The van der Waals surface area contributed by atoms with E-state index in [0.717, 1.165) is 11.1 Å². The number of carbonyl (C=O) groups excluding carboxylic acids is 1. The van der Waals surface area contributed by atoms with Crippen molar-refractivity contribution in [3.8, 4) is 11.5 Å². The highest BCUT2D eigenvalue weighted by atomic mass is 32.2. The standard InChI is InChI=1S/C19H19N3O4S/c1-3-27(24,25)16-9-7-15(8-10-16)18-21-22-19(26-18)20-17(23)12-14-6-4-5-13(2)11-14/h4-11H,3,12H2,1-2H3,(H,20,22,23). The molecule has 8 heteroatoms. The Hall–Kier alpha value is -3.00. The van der Waals surface area contributed by atoms with Crippen molar-refractivity contribution in [1.82, 2.24) is 10.2 Å². The summed E-state index contributed by atoms with van der Waals surface area (Å²) in [7, 11) is -3.26. The molecule has 0 bridgehead atoms.